The number of fused-ring (bicyclic) bond motifs is 1. The third kappa shape index (κ3) is 3.80. The lowest BCUT2D eigenvalue weighted by molar-refractivity contribution is 0.102. The van der Waals surface area contributed by atoms with Crippen LogP contribution in [0.3, 0.4) is 0 Å². The molecule has 0 unspecified atom stereocenters. The number of amides is 1. The average Bonchev–Trinajstić information content (AvgIpc) is 3.16. The van der Waals surface area contributed by atoms with Gasteiger partial charge in [0.1, 0.15) is 12.1 Å². The first kappa shape index (κ1) is 19.7. The van der Waals surface area contributed by atoms with Crippen molar-refractivity contribution >= 4 is 51.6 Å². The van der Waals surface area contributed by atoms with E-state index in [0.29, 0.717) is 27.3 Å². The monoisotopic (exact) mass is 441 g/mol. The summed E-state index contributed by atoms with van der Waals surface area (Å²) in [5, 5.41) is 22.1. The highest BCUT2D eigenvalue weighted by Gasteiger charge is 2.18. The molecule has 152 valence electrons. The topological polar surface area (TPSA) is 126 Å². The van der Waals surface area contributed by atoms with Gasteiger partial charge in [0.2, 0.25) is 10.9 Å². The summed E-state index contributed by atoms with van der Waals surface area (Å²) in [6.45, 7) is 0. The number of hydrogen-bond donors (Lipinski definition) is 5. The lowest BCUT2D eigenvalue weighted by atomic mass is 10.0. The number of benzene rings is 3. The number of hydrogen-bond acceptors (Lipinski definition) is 7. The Labute approximate surface area is 177 Å². The number of thiol groups is 2. The van der Waals surface area contributed by atoms with Crippen LogP contribution < -0.4 is 10.0 Å². The van der Waals surface area contributed by atoms with Crippen LogP contribution >= 0.6 is 12.6 Å². The quantitative estimate of drug-likeness (QED) is 0.239. The molecule has 0 fully saturated rings. The van der Waals surface area contributed by atoms with Gasteiger partial charge in [0.15, 0.2) is 5.16 Å². The van der Waals surface area contributed by atoms with Crippen molar-refractivity contribution in [2.75, 3.05) is 10.0 Å². The third-order valence-electron chi connectivity index (χ3n) is 4.38. The molecule has 0 aliphatic carbocycles. The standard InChI is InChI=1S/C19H15N5O4S2/c25-17-14-7-2-1-6-13(14)16(23-30(27)28)9-15(17)18(26)21-11-4-3-5-12(8-11)24-10-20-22-19(24)29/h1-10,25,30H,(H,21,26)(H,22,29)(H,23,27,28). The Hall–Kier alpha value is -3.57. The van der Waals surface area contributed by atoms with Crippen LogP contribution in [-0.4, -0.2) is 34.2 Å². The van der Waals surface area contributed by atoms with E-state index in [4.69, 9.17) is 0 Å². The van der Waals surface area contributed by atoms with Gasteiger partial charge in [-0.05, 0) is 24.3 Å². The molecule has 3 aromatic carbocycles. The molecule has 11 heteroatoms. The Morgan fingerprint density at radius 2 is 1.83 bits per heavy atom. The molecule has 1 amide bonds. The summed E-state index contributed by atoms with van der Waals surface area (Å²) in [7, 11) is -2.95. The molecule has 0 saturated carbocycles. The molecular formula is C19H15N5O4S2. The predicted molar refractivity (Wildman–Crippen MR) is 116 cm³/mol. The summed E-state index contributed by atoms with van der Waals surface area (Å²) in [6.07, 6.45) is 1.49. The number of phenolic OH excluding ortho intramolecular Hbond substituents is 1. The molecular weight excluding hydrogens is 426 g/mol. The lowest BCUT2D eigenvalue weighted by Crippen LogP contribution is -2.13. The molecule has 0 radical (unpaired) electrons. The molecule has 0 aliphatic heterocycles. The first-order valence-electron chi connectivity index (χ1n) is 8.60. The SMILES string of the molecule is O=C(Nc1cccc(-n2cnnc2S)c1)c1cc(N[SH](=O)=O)c2ccccc2c1O. The maximum absolute atomic E-state index is 12.9. The van der Waals surface area contributed by atoms with Crippen LogP contribution in [0.2, 0.25) is 0 Å². The first-order valence-corrected chi connectivity index (χ1v) is 10.2. The molecule has 4 aromatic rings. The Balaban J connectivity index is 1.72. The highest BCUT2D eigenvalue weighted by molar-refractivity contribution is 7.80. The van der Waals surface area contributed by atoms with E-state index in [0.717, 1.165) is 0 Å². The highest BCUT2D eigenvalue weighted by Crippen LogP contribution is 2.35. The van der Waals surface area contributed by atoms with Gasteiger partial charge < -0.3 is 10.4 Å². The molecule has 4 rings (SSSR count). The summed E-state index contributed by atoms with van der Waals surface area (Å²) in [5.41, 5.74) is 1.26. The largest absolute Gasteiger partial charge is 0.506 e. The van der Waals surface area contributed by atoms with E-state index in [1.807, 2.05) is 0 Å². The van der Waals surface area contributed by atoms with Crippen LogP contribution in [0.4, 0.5) is 11.4 Å². The van der Waals surface area contributed by atoms with Crippen LogP contribution in [0.15, 0.2) is 66.1 Å². The number of phenols is 1. The second-order valence-electron chi connectivity index (χ2n) is 6.24. The van der Waals surface area contributed by atoms with E-state index < -0.39 is 16.8 Å². The second kappa shape index (κ2) is 8.05. The number of nitrogens with one attached hydrogen (secondary N) is 2. The van der Waals surface area contributed by atoms with Crippen molar-refractivity contribution in [2.24, 2.45) is 0 Å². The zero-order valence-corrected chi connectivity index (χ0v) is 17.0. The zero-order chi connectivity index (χ0) is 21.3. The fourth-order valence-corrected chi connectivity index (χ4v) is 3.67. The van der Waals surface area contributed by atoms with Crippen LogP contribution in [0.5, 0.6) is 5.75 Å². The highest BCUT2D eigenvalue weighted by atomic mass is 32.2. The summed E-state index contributed by atoms with van der Waals surface area (Å²) < 4.78 is 26.3. The van der Waals surface area contributed by atoms with E-state index in [1.165, 1.54) is 12.4 Å². The fraction of sp³-hybridized carbons (Fsp3) is 0. The minimum atomic E-state index is -2.95. The minimum Gasteiger partial charge on any atom is -0.506 e. The molecule has 9 nitrogen and oxygen atoms in total. The lowest BCUT2D eigenvalue weighted by Gasteiger charge is -2.13. The summed E-state index contributed by atoms with van der Waals surface area (Å²) in [5.74, 6) is -0.850. The van der Waals surface area contributed by atoms with Crippen molar-refractivity contribution in [3.8, 4) is 11.4 Å². The maximum Gasteiger partial charge on any atom is 0.259 e. The van der Waals surface area contributed by atoms with E-state index >= 15 is 0 Å². The minimum absolute atomic E-state index is 0.0716. The van der Waals surface area contributed by atoms with Gasteiger partial charge >= 0.3 is 0 Å². The Morgan fingerprint density at radius 1 is 1.07 bits per heavy atom. The molecule has 0 atom stereocenters. The molecule has 3 N–H and O–H groups in total. The molecule has 1 heterocycles. The Morgan fingerprint density at radius 3 is 2.53 bits per heavy atom. The smallest absolute Gasteiger partial charge is 0.259 e. The maximum atomic E-state index is 12.9. The summed E-state index contributed by atoms with van der Waals surface area (Å²) in [6, 6.07) is 14.8. The van der Waals surface area contributed by atoms with Gasteiger partial charge in [-0.15, -0.1) is 22.8 Å². The number of rotatable bonds is 5. The molecule has 1 aromatic heterocycles. The predicted octanol–water partition coefficient (Wildman–Crippen LogP) is 2.61. The van der Waals surface area contributed by atoms with Crippen molar-refractivity contribution in [3.05, 3.63) is 66.5 Å². The Kier molecular flexibility index (Phi) is 5.29. The van der Waals surface area contributed by atoms with Crippen LogP contribution in [0.25, 0.3) is 16.5 Å². The molecule has 0 saturated heterocycles. The van der Waals surface area contributed by atoms with Gasteiger partial charge in [0, 0.05) is 16.5 Å². The van der Waals surface area contributed by atoms with Crippen molar-refractivity contribution in [1.29, 1.82) is 0 Å². The molecule has 0 spiro atoms. The van der Waals surface area contributed by atoms with Crippen LogP contribution in [0, 0.1) is 0 Å². The number of carbonyl (C=O) groups excluding carboxylic acids is 1. The van der Waals surface area contributed by atoms with Gasteiger partial charge in [-0.25, -0.2) is 8.42 Å². The van der Waals surface area contributed by atoms with Gasteiger partial charge in [0.25, 0.3) is 5.91 Å². The number of aromatic hydroxyl groups is 1. The summed E-state index contributed by atoms with van der Waals surface area (Å²) in [4.78, 5) is 12.9. The first-order chi connectivity index (χ1) is 14.4. The number of anilines is 2. The van der Waals surface area contributed by atoms with Gasteiger partial charge in [0.05, 0.1) is 16.9 Å². The van der Waals surface area contributed by atoms with Gasteiger partial charge in [-0.1, -0.05) is 30.3 Å². The normalized spacial score (nSPS) is 11.0. The van der Waals surface area contributed by atoms with Gasteiger partial charge in [-0.2, -0.15) is 0 Å². The van der Waals surface area contributed by atoms with Crippen molar-refractivity contribution in [2.45, 2.75) is 5.16 Å². The summed E-state index contributed by atoms with van der Waals surface area (Å²) >= 11 is 4.22. The number of carbonyl (C=O) groups is 1. The fourth-order valence-electron chi connectivity index (χ4n) is 3.07. The van der Waals surface area contributed by atoms with Crippen LogP contribution in [-0.2, 0) is 10.9 Å². The number of aromatic nitrogens is 3. The van der Waals surface area contributed by atoms with Crippen LogP contribution in [0.1, 0.15) is 10.4 Å². The third-order valence-corrected chi connectivity index (χ3v) is 5.11. The van der Waals surface area contributed by atoms with Crippen molar-refractivity contribution in [3.63, 3.8) is 0 Å². The second-order valence-corrected chi connectivity index (χ2v) is 7.38. The Bertz CT molecular complexity index is 1340. The average molecular weight is 441 g/mol. The molecule has 30 heavy (non-hydrogen) atoms. The molecule has 0 bridgehead atoms. The number of nitrogens with zero attached hydrogens (tertiary/aromatic N) is 3. The van der Waals surface area contributed by atoms with E-state index in [9.17, 15) is 18.3 Å². The van der Waals surface area contributed by atoms with Crippen molar-refractivity contribution < 1.29 is 18.3 Å². The zero-order valence-electron chi connectivity index (χ0n) is 15.2. The van der Waals surface area contributed by atoms with Gasteiger partial charge in [-0.3, -0.25) is 14.1 Å². The van der Waals surface area contributed by atoms with E-state index in [1.54, 1.807) is 53.1 Å². The van der Waals surface area contributed by atoms with E-state index in [-0.39, 0.29) is 17.0 Å². The van der Waals surface area contributed by atoms with Crippen molar-refractivity contribution in [1.82, 2.24) is 14.8 Å². The van der Waals surface area contributed by atoms with E-state index in [2.05, 4.69) is 32.9 Å². The molecule has 0 aliphatic rings.